The third-order valence-electron chi connectivity index (χ3n) is 6.84. The van der Waals surface area contributed by atoms with Crippen LogP contribution >= 0.6 is 0 Å². The van der Waals surface area contributed by atoms with Gasteiger partial charge in [0, 0.05) is 43.1 Å². The number of rotatable bonds is 15. The molecule has 0 aliphatic heterocycles. The zero-order valence-electron chi connectivity index (χ0n) is 24.3. The SMILES string of the molecule is CCCCC(CC)c1cc(=O)[nH]c(NC(=O)NCCCCCOc2cc(-c3ccccn3)nc(-c3ccccn3)c2)n1. The summed E-state index contributed by atoms with van der Waals surface area (Å²) in [7, 11) is 0. The highest BCUT2D eigenvalue weighted by atomic mass is 16.5. The first kappa shape index (κ1) is 30.4. The van der Waals surface area contributed by atoms with Gasteiger partial charge in [0.2, 0.25) is 5.95 Å². The molecule has 0 aromatic carbocycles. The number of hydrogen-bond acceptors (Lipinski definition) is 7. The molecule has 220 valence electrons. The fourth-order valence-electron chi connectivity index (χ4n) is 4.58. The summed E-state index contributed by atoms with van der Waals surface area (Å²) >= 11 is 0. The van der Waals surface area contributed by atoms with Crippen LogP contribution in [-0.2, 0) is 0 Å². The highest BCUT2D eigenvalue weighted by Gasteiger charge is 2.14. The fraction of sp³-hybridized carbons (Fsp3) is 0.375. The number of unbranched alkanes of at least 4 members (excludes halogenated alkanes) is 3. The van der Waals surface area contributed by atoms with Gasteiger partial charge in [0.25, 0.3) is 5.56 Å². The topological polar surface area (TPSA) is 135 Å². The normalized spacial score (nSPS) is 11.6. The first-order chi connectivity index (χ1) is 20.6. The van der Waals surface area contributed by atoms with Crippen molar-refractivity contribution in [2.24, 2.45) is 0 Å². The maximum absolute atomic E-state index is 12.4. The van der Waals surface area contributed by atoms with Gasteiger partial charge in [-0.15, -0.1) is 0 Å². The van der Waals surface area contributed by atoms with Crippen LogP contribution in [0.25, 0.3) is 22.8 Å². The van der Waals surface area contributed by atoms with E-state index in [1.54, 1.807) is 12.4 Å². The highest BCUT2D eigenvalue weighted by molar-refractivity contribution is 5.87. The van der Waals surface area contributed by atoms with Crippen LogP contribution < -0.4 is 20.9 Å². The van der Waals surface area contributed by atoms with Gasteiger partial charge in [0.1, 0.15) is 5.75 Å². The molecule has 0 saturated heterocycles. The summed E-state index contributed by atoms with van der Waals surface area (Å²) in [6, 6.07) is 16.3. The number of aromatic amines is 1. The number of pyridine rings is 3. The summed E-state index contributed by atoms with van der Waals surface area (Å²) in [4.78, 5) is 45.2. The van der Waals surface area contributed by atoms with E-state index in [1.165, 1.54) is 6.07 Å². The molecule has 0 saturated carbocycles. The average molecular weight is 570 g/mol. The summed E-state index contributed by atoms with van der Waals surface area (Å²) < 4.78 is 6.08. The lowest BCUT2D eigenvalue weighted by molar-refractivity contribution is 0.251. The van der Waals surface area contributed by atoms with E-state index in [0.29, 0.717) is 18.9 Å². The minimum Gasteiger partial charge on any atom is -0.493 e. The Morgan fingerprint density at radius 3 is 2.21 bits per heavy atom. The smallest absolute Gasteiger partial charge is 0.321 e. The molecule has 0 bridgehead atoms. The van der Waals surface area contributed by atoms with Gasteiger partial charge in [-0.1, -0.05) is 38.8 Å². The standard InChI is InChI=1S/C32H39N7O3/c1-3-5-13-23(4-2)27-22-30(40)38-31(37-27)39-32(41)35-18-9-6-12-19-42-24-20-28(25-14-7-10-16-33-25)36-29(21-24)26-15-8-11-17-34-26/h7-8,10-11,14-17,20-23H,3-6,9,12-13,18-19H2,1-2H3,(H3,35,37,38,39,40,41). The molecule has 4 aromatic rings. The van der Waals surface area contributed by atoms with Crippen LogP contribution in [0, 0.1) is 0 Å². The number of nitrogens with one attached hydrogen (secondary N) is 3. The van der Waals surface area contributed by atoms with Gasteiger partial charge >= 0.3 is 6.03 Å². The van der Waals surface area contributed by atoms with E-state index >= 15 is 0 Å². The molecule has 10 heteroatoms. The van der Waals surface area contributed by atoms with E-state index in [9.17, 15) is 9.59 Å². The molecule has 2 amide bonds. The van der Waals surface area contributed by atoms with E-state index in [0.717, 1.165) is 73.4 Å². The number of ether oxygens (including phenoxy) is 1. The van der Waals surface area contributed by atoms with Crippen LogP contribution in [0.4, 0.5) is 10.7 Å². The molecule has 0 spiro atoms. The summed E-state index contributed by atoms with van der Waals surface area (Å²) in [6.45, 7) is 5.24. The van der Waals surface area contributed by atoms with Crippen molar-refractivity contribution >= 4 is 12.0 Å². The minimum absolute atomic E-state index is 0.172. The highest BCUT2D eigenvalue weighted by Crippen LogP contribution is 2.27. The minimum atomic E-state index is -0.394. The van der Waals surface area contributed by atoms with Gasteiger partial charge < -0.3 is 10.1 Å². The van der Waals surface area contributed by atoms with E-state index in [2.05, 4.69) is 44.4 Å². The van der Waals surface area contributed by atoms with Crippen molar-refractivity contribution in [1.29, 1.82) is 0 Å². The lowest BCUT2D eigenvalue weighted by Crippen LogP contribution is -2.31. The maximum Gasteiger partial charge on any atom is 0.321 e. The Kier molecular flexibility index (Phi) is 11.6. The fourth-order valence-corrected chi connectivity index (χ4v) is 4.58. The molecule has 4 aromatic heterocycles. The van der Waals surface area contributed by atoms with E-state index in [4.69, 9.17) is 9.72 Å². The Hall–Kier alpha value is -4.60. The average Bonchev–Trinajstić information content (AvgIpc) is 3.01. The zero-order valence-corrected chi connectivity index (χ0v) is 24.3. The summed E-state index contributed by atoms with van der Waals surface area (Å²) in [5.74, 6) is 1.08. The first-order valence-corrected chi connectivity index (χ1v) is 14.7. The molecule has 4 heterocycles. The number of carbonyl (C=O) groups excluding carboxylic acids is 1. The Balaban J connectivity index is 1.23. The quantitative estimate of drug-likeness (QED) is 0.142. The van der Waals surface area contributed by atoms with Crippen molar-refractivity contribution in [3.63, 3.8) is 0 Å². The van der Waals surface area contributed by atoms with Crippen molar-refractivity contribution in [3.8, 4) is 28.5 Å². The monoisotopic (exact) mass is 569 g/mol. The van der Waals surface area contributed by atoms with Crippen molar-refractivity contribution in [2.45, 2.75) is 64.7 Å². The number of hydrogen-bond donors (Lipinski definition) is 3. The number of nitrogens with zero attached hydrogens (tertiary/aromatic N) is 4. The molecule has 1 unspecified atom stereocenters. The van der Waals surface area contributed by atoms with Crippen LogP contribution in [0.1, 0.15) is 70.4 Å². The van der Waals surface area contributed by atoms with Gasteiger partial charge in [-0.05, 0) is 56.4 Å². The third kappa shape index (κ3) is 9.22. The van der Waals surface area contributed by atoms with Gasteiger partial charge in [-0.3, -0.25) is 25.1 Å². The predicted octanol–water partition coefficient (Wildman–Crippen LogP) is 6.34. The largest absolute Gasteiger partial charge is 0.493 e. The Morgan fingerprint density at radius 1 is 0.881 bits per heavy atom. The predicted molar refractivity (Wildman–Crippen MR) is 164 cm³/mol. The maximum atomic E-state index is 12.4. The molecule has 1 atom stereocenters. The van der Waals surface area contributed by atoms with Gasteiger partial charge in [-0.2, -0.15) is 0 Å². The lowest BCUT2D eigenvalue weighted by Gasteiger charge is -2.15. The van der Waals surface area contributed by atoms with Crippen molar-refractivity contribution in [1.82, 2.24) is 30.2 Å². The molecule has 42 heavy (non-hydrogen) atoms. The number of carbonyl (C=O) groups is 1. The molecular weight excluding hydrogens is 530 g/mol. The Morgan fingerprint density at radius 2 is 1.60 bits per heavy atom. The van der Waals surface area contributed by atoms with Crippen LogP contribution in [0.15, 0.2) is 71.8 Å². The van der Waals surface area contributed by atoms with Crippen molar-refractivity contribution in [3.05, 3.63) is 83.0 Å². The van der Waals surface area contributed by atoms with Gasteiger partial charge in [0.15, 0.2) is 0 Å². The number of anilines is 1. The molecule has 10 nitrogen and oxygen atoms in total. The Bertz CT molecular complexity index is 1400. The van der Waals surface area contributed by atoms with E-state index in [1.807, 2.05) is 48.5 Å². The van der Waals surface area contributed by atoms with Crippen molar-refractivity contribution < 1.29 is 9.53 Å². The van der Waals surface area contributed by atoms with Gasteiger partial charge in [-0.25, -0.2) is 14.8 Å². The van der Waals surface area contributed by atoms with Crippen molar-refractivity contribution in [2.75, 3.05) is 18.5 Å². The molecular formula is C32H39N7O3. The lowest BCUT2D eigenvalue weighted by atomic mass is 9.96. The Labute approximate surface area is 246 Å². The number of aromatic nitrogens is 5. The zero-order chi connectivity index (χ0) is 29.6. The van der Waals surface area contributed by atoms with Crippen LogP contribution in [-0.4, -0.2) is 44.1 Å². The van der Waals surface area contributed by atoms with Gasteiger partial charge in [0.05, 0.1) is 35.1 Å². The molecule has 0 radical (unpaired) electrons. The van der Waals surface area contributed by atoms with Crippen LogP contribution in [0.3, 0.4) is 0 Å². The second-order valence-electron chi connectivity index (χ2n) is 10.1. The number of H-pyrrole nitrogens is 1. The number of urea groups is 1. The molecule has 0 aliphatic rings. The molecule has 0 fully saturated rings. The van der Waals surface area contributed by atoms with Crippen LogP contribution in [0.5, 0.6) is 5.75 Å². The second kappa shape index (κ2) is 16.0. The summed E-state index contributed by atoms with van der Waals surface area (Å²) in [6.07, 6.45) is 9.96. The molecule has 4 rings (SSSR count). The van der Waals surface area contributed by atoms with E-state index < -0.39 is 6.03 Å². The molecule has 3 N–H and O–H groups in total. The molecule has 0 aliphatic carbocycles. The summed E-state index contributed by atoms with van der Waals surface area (Å²) in [5, 5.41) is 5.49. The number of amides is 2. The first-order valence-electron chi connectivity index (χ1n) is 14.7. The third-order valence-corrected chi connectivity index (χ3v) is 6.84. The second-order valence-corrected chi connectivity index (χ2v) is 10.1. The van der Waals surface area contributed by atoms with Crippen LogP contribution in [0.2, 0.25) is 0 Å². The van der Waals surface area contributed by atoms with E-state index in [-0.39, 0.29) is 17.4 Å². The summed E-state index contributed by atoms with van der Waals surface area (Å²) in [5.41, 5.74) is 3.42.